The van der Waals surface area contributed by atoms with Gasteiger partial charge in [0.2, 0.25) is 0 Å². The van der Waals surface area contributed by atoms with Crippen LogP contribution in [0, 0.1) is 6.92 Å². The summed E-state index contributed by atoms with van der Waals surface area (Å²) < 4.78 is 11.3. The first-order valence-electron chi connectivity index (χ1n) is 8.02. The van der Waals surface area contributed by atoms with Gasteiger partial charge in [0.05, 0.1) is 24.9 Å². The summed E-state index contributed by atoms with van der Waals surface area (Å²) in [4.78, 5) is 12.2. The number of anilines is 1. The summed E-state index contributed by atoms with van der Waals surface area (Å²) in [5, 5.41) is 7.16. The third-order valence-electron chi connectivity index (χ3n) is 3.68. The Hall–Kier alpha value is -2.54. The van der Waals surface area contributed by atoms with E-state index in [-0.39, 0.29) is 5.91 Å². The first-order valence-corrected chi connectivity index (χ1v) is 8.81. The average molecular weight is 420 g/mol. The van der Waals surface area contributed by atoms with Crippen LogP contribution in [0.5, 0.6) is 11.5 Å². The van der Waals surface area contributed by atoms with Crippen molar-refractivity contribution < 1.29 is 14.3 Å². The molecule has 1 unspecified atom stereocenters. The lowest BCUT2D eigenvalue weighted by Crippen LogP contribution is -2.34. The van der Waals surface area contributed by atoms with Crippen molar-refractivity contribution >= 4 is 33.7 Å². The van der Waals surface area contributed by atoms with Gasteiger partial charge in [-0.3, -0.25) is 4.79 Å². The number of hydrazone groups is 1. The van der Waals surface area contributed by atoms with Crippen molar-refractivity contribution in [2.75, 3.05) is 19.5 Å². The van der Waals surface area contributed by atoms with Gasteiger partial charge in [-0.1, -0.05) is 12.1 Å². The van der Waals surface area contributed by atoms with Gasteiger partial charge >= 0.3 is 0 Å². The molecular weight excluding hydrogens is 398 g/mol. The maximum atomic E-state index is 12.2. The Morgan fingerprint density at radius 2 is 1.92 bits per heavy atom. The lowest BCUT2D eigenvalue weighted by atomic mass is 10.2. The van der Waals surface area contributed by atoms with Gasteiger partial charge < -0.3 is 14.8 Å². The van der Waals surface area contributed by atoms with Crippen LogP contribution in [0.25, 0.3) is 0 Å². The van der Waals surface area contributed by atoms with Crippen LogP contribution in [0.1, 0.15) is 18.1 Å². The van der Waals surface area contributed by atoms with Crippen molar-refractivity contribution in [1.29, 1.82) is 0 Å². The Morgan fingerprint density at radius 3 is 2.58 bits per heavy atom. The molecule has 0 fully saturated rings. The molecule has 0 radical (unpaired) electrons. The van der Waals surface area contributed by atoms with Gasteiger partial charge in [-0.2, -0.15) is 5.10 Å². The number of aryl methyl sites for hydroxylation is 1. The van der Waals surface area contributed by atoms with Crippen molar-refractivity contribution in [2.45, 2.75) is 19.9 Å². The number of methoxy groups -OCH3 is 2. The van der Waals surface area contributed by atoms with Crippen molar-refractivity contribution in [1.82, 2.24) is 5.43 Å². The Kier molecular flexibility index (Phi) is 7.03. The maximum Gasteiger partial charge on any atom is 0.262 e. The average Bonchev–Trinajstić information content (AvgIpc) is 2.61. The van der Waals surface area contributed by atoms with E-state index in [0.717, 1.165) is 15.7 Å². The number of hydrogen-bond donors (Lipinski definition) is 2. The Labute approximate surface area is 161 Å². The highest BCUT2D eigenvalue weighted by molar-refractivity contribution is 9.10. The first kappa shape index (κ1) is 19.8. The number of ether oxygens (including phenoxy) is 2. The second-order valence-electron chi connectivity index (χ2n) is 5.70. The summed E-state index contributed by atoms with van der Waals surface area (Å²) in [5.41, 5.74) is 5.25. The summed E-state index contributed by atoms with van der Waals surface area (Å²) in [6.45, 7) is 3.78. The second kappa shape index (κ2) is 9.24. The zero-order chi connectivity index (χ0) is 19.1. The number of rotatable bonds is 7. The molecular formula is C19H22BrN3O3. The van der Waals surface area contributed by atoms with Crippen LogP contribution in [0.15, 0.2) is 46.0 Å². The van der Waals surface area contributed by atoms with Gasteiger partial charge in [0.25, 0.3) is 5.91 Å². The predicted octanol–water partition coefficient (Wildman–Crippen LogP) is 3.73. The number of hydrogen-bond acceptors (Lipinski definition) is 5. The fraction of sp³-hybridized carbons (Fsp3) is 0.263. The zero-order valence-corrected chi connectivity index (χ0v) is 16.8. The molecule has 26 heavy (non-hydrogen) atoms. The van der Waals surface area contributed by atoms with Gasteiger partial charge in [-0.05, 0) is 53.5 Å². The van der Waals surface area contributed by atoms with Crippen molar-refractivity contribution in [2.24, 2.45) is 5.10 Å². The molecule has 138 valence electrons. The monoisotopic (exact) mass is 419 g/mol. The van der Waals surface area contributed by atoms with E-state index in [1.807, 2.05) is 37.3 Å². The van der Waals surface area contributed by atoms with E-state index in [0.29, 0.717) is 17.1 Å². The second-order valence-corrected chi connectivity index (χ2v) is 6.55. The molecule has 0 bridgehead atoms. The van der Waals surface area contributed by atoms with Crippen molar-refractivity contribution in [3.05, 3.63) is 52.0 Å². The number of halogens is 1. The fourth-order valence-electron chi connectivity index (χ4n) is 2.30. The van der Waals surface area contributed by atoms with E-state index in [1.165, 1.54) is 6.21 Å². The number of nitrogens with one attached hydrogen (secondary N) is 2. The summed E-state index contributed by atoms with van der Waals surface area (Å²) >= 11 is 3.42. The number of amides is 1. The molecule has 1 amide bonds. The molecule has 7 heteroatoms. The van der Waals surface area contributed by atoms with E-state index in [4.69, 9.17) is 9.47 Å². The minimum Gasteiger partial charge on any atom is -0.496 e. The molecule has 2 N–H and O–H groups in total. The van der Waals surface area contributed by atoms with Gasteiger partial charge in [0.15, 0.2) is 0 Å². The van der Waals surface area contributed by atoms with E-state index in [9.17, 15) is 4.79 Å². The Balaban J connectivity index is 2.01. The molecule has 0 aliphatic heterocycles. The molecule has 0 aromatic heterocycles. The van der Waals surface area contributed by atoms with E-state index in [1.54, 1.807) is 27.2 Å². The molecule has 6 nitrogen and oxygen atoms in total. The Bertz CT molecular complexity index is 809. The van der Waals surface area contributed by atoms with Gasteiger partial charge in [0, 0.05) is 17.3 Å². The first-order chi connectivity index (χ1) is 12.4. The third-order valence-corrected chi connectivity index (χ3v) is 4.30. The minimum atomic E-state index is -0.432. The van der Waals surface area contributed by atoms with E-state index in [2.05, 4.69) is 31.8 Å². The third kappa shape index (κ3) is 5.23. The summed E-state index contributed by atoms with van der Waals surface area (Å²) in [6, 6.07) is 11.0. The number of nitrogens with zero attached hydrogens (tertiary/aromatic N) is 1. The normalized spacial score (nSPS) is 11.9. The lowest BCUT2D eigenvalue weighted by Gasteiger charge is -2.14. The van der Waals surface area contributed by atoms with E-state index >= 15 is 0 Å². The van der Waals surface area contributed by atoms with Crippen LogP contribution < -0.4 is 20.2 Å². The van der Waals surface area contributed by atoms with Crippen LogP contribution in [0.4, 0.5) is 5.69 Å². The quantitative estimate of drug-likeness (QED) is 0.529. The molecule has 0 spiro atoms. The molecule has 0 aliphatic carbocycles. The number of carbonyl (C=O) groups is 1. The minimum absolute atomic E-state index is 0.241. The van der Waals surface area contributed by atoms with Crippen LogP contribution in [0.2, 0.25) is 0 Å². The molecule has 0 heterocycles. The molecule has 0 saturated carbocycles. The SMILES string of the molecule is COc1cc(OC)c(/C=N/NC(=O)C(C)Nc2cccc(C)c2)cc1Br. The molecule has 2 aromatic rings. The molecule has 2 aromatic carbocycles. The summed E-state index contributed by atoms with van der Waals surface area (Å²) in [5.74, 6) is 1.00. The summed E-state index contributed by atoms with van der Waals surface area (Å²) in [7, 11) is 3.14. The van der Waals surface area contributed by atoms with Crippen molar-refractivity contribution in [3.63, 3.8) is 0 Å². The smallest absolute Gasteiger partial charge is 0.262 e. The molecule has 0 saturated heterocycles. The largest absolute Gasteiger partial charge is 0.496 e. The summed E-state index contributed by atoms with van der Waals surface area (Å²) in [6.07, 6.45) is 1.53. The van der Waals surface area contributed by atoms with Crippen LogP contribution in [-0.2, 0) is 4.79 Å². The van der Waals surface area contributed by atoms with Gasteiger partial charge in [-0.25, -0.2) is 5.43 Å². The standard InChI is InChI=1S/C19H22BrN3O3/c1-12-6-5-7-15(8-12)22-13(2)19(24)23-21-11-14-9-16(20)18(26-4)10-17(14)25-3/h5-11,13,22H,1-4H3,(H,23,24)/b21-11+. The number of benzene rings is 2. The topological polar surface area (TPSA) is 72.0 Å². The molecule has 1 atom stereocenters. The van der Waals surface area contributed by atoms with Gasteiger partial charge in [0.1, 0.15) is 17.5 Å². The predicted molar refractivity (Wildman–Crippen MR) is 107 cm³/mol. The van der Waals surface area contributed by atoms with Gasteiger partial charge in [-0.15, -0.1) is 0 Å². The maximum absolute atomic E-state index is 12.2. The van der Waals surface area contributed by atoms with Crippen LogP contribution in [0.3, 0.4) is 0 Å². The van der Waals surface area contributed by atoms with Crippen LogP contribution in [-0.4, -0.2) is 32.4 Å². The number of carbonyl (C=O) groups excluding carboxylic acids is 1. The van der Waals surface area contributed by atoms with E-state index < -0.39 is 6.04 Å². The van der Waals surface area contributed by atoms with Crippen molar-refractivity contribution in [3.8, 4) is 11.5 Å². The highest BCUT2D eigenvalue weighted by Crippen LogP contribution is 2.31. The Morgan fingerprint density at radius 1 is 1.19 bits per heavy atom. The lowest BCUT2D eigenvalue weighted by molar-refractivity contribution is -0.121. The molecule has 0 aliphatic rings. The fourth-order valence-corrected chi connectivity index (χ4v) is 2.82. The highest BCUT2D eigenvalue weighted by atomic mass is 79.9. The zero-order valence-electron chi connectivity index (χ0n) is 15.2. The van der Waals surface area contributed by atoms with Crippen LogP contribution >= 0.6 is 15.9 Å². The highest BCUT2D eigenvalue weighted by Gasteiger charge is 2.12. The molecule has 2 rings (SSSR count).